The van der Waals surface area contributed by atoms with Crippen LogP contribution in [-0.4, -0.2) is 80.8 Å². The molecule has 1 aromatic carbocycles. The van der Waals surface area contributed by atoms with Crippen LogP contribution < -0.4 is 0 Å². The summed E-state index contributed by atoms with van der Waals surface area (Å²) in [5.74, 6) is -0.746. The van der Waals surface area contributed by atoms with Gasteiger partial charge in [0.05, 0.1) is 18.2 Å². The van der Waals surface area contributed by atoms with E-state index in [1.807, 2.05) is 35.4 Å². The van der Waals surface area contributed by atoms with Crippen molar-refractivity contribution in [3.05, 3.63) is 36.8 Å². The number of benzene rings is 1. The van der Waals surface area contributed by atoms with Crippen molar-refractivity contribution >= 4 is 16.9 Å². The number of aromatic nitrogens is 2. The SMILES string of the molecule is O=C(O)CN1CCN(C2CCC(O)C2)CC1.c1ccc2ncncc2c1. The molecule has 2 aromatic rings. The van der Waals surface area contributed by atoms with Gasteiger partial charge in [0.25, 0.3) is 0 Å². The van der Waals surface area contributed by atoms with Crippen molar-refractivity contribution in [3.63, 3.8) is 0 Å². The van der Waals surface area contributed by atoms with Crippen LogP contribution in [-0.2, 0) is 4.79 Å². The Morgan fingerprint density at radius 2 is 1.92 bits per heavy atom. The second kappa shape index (κ2) is 9.02. The number of hydrogen-bond donors (Lipinski definition) is 2. The number of nitrogens with zero attached hydrogens (tertiary/aromatic N) is 4. The number of piperazine rings is 1. The number of fused-ring (bicyclic) bond motifs is 1. The lowest BCUT2D eigenvalue weighted by Gasteiger charge is -2.37. The quantitative estimate of drug-likeness (QED) is 0.853. The van der Waals surface area contributed by atoms with Gasteiger partial charge in [0.1, 0.15) is 6.33 Å². The molecule has 0 amide bonds. The highest BCUT2D eigenvalue weighted by atomic mass is 16.4. The Balaban J connectivity index is 0.000000167. The summed E-state index contributed by atoms with van der Waals surface area (Å²) in [4.78, 5) is 22.9. The highest BCUT2D eigenvalue weighted by molar-refractivity contribution is 5.76. The summed E-state index contributed by atoms with van der Waals surface area (Å²) < 4.78 is 0. The second-order valence-corrected chi connectivity index (χ2v) is 6.91. The van der Waals surface area contributed by atoms with Gasteiger partial charge < -0.3 is 10.2 Å². The lowest BCUT2D eigenvalue weighted by atomic mass is 10.2. The van der Waals surface area contributed by atoms with E-state index in [0.29, 0.717) is 6.04 Å². The zero-order chi connectivity index (χ0) is 18.4. The minimum absolute atomic E-state index is 0.123. The third kappa shape index (κ3) is 5.20. The van der Waals surface area contributed by atoms with Gasteiger partial charge in [0.15, 0.2) is 0 Å². The molecule has 1 aromatic heterocycles. The third-order valence-corrected chi connectivity index (χ3v) is 5.07. The van der Waals surface area contributed by atoms with Gasteiger partial charge in [0.2, 0.25) is 0 Å². The first-order valence-electron chi connectivity index (χ1n) is 9.13. The normalized spacial score (nSPS) is 24.2. The fourth-order valence-corrected chi connectivity index (χ4v) is 3.67. The summed E-state index contributed by atoms with van der Waals surface area (Å²) in [7, 11) is 0. The summed E-state index contributed by atoms with van der Waals surface area (Å²) in [6, 6.07) is 8.43. The molecule has 4 rings (SSSR count). The number of carboxylic acid groups (broad SMARTS) is 1. The lowest BCUT2D eigenvalue weighted by Crippen LogP contribution is -2.50. The Labute approximate surface area is 153 Å². The second-order valence-electron chi connectivity index (χ2n) is 6.91. The van der Waals surface area contributed by atoms with E-state index in [0.717, 1.165) is 56.3 Å². The Morgan fingerprint density at radius 3 is 2.58 bits per heavy atom. The average molecular weight is 358 g/mol. The summed E-state index contributed by atoms with van der Waals surface area (Å²) in [5, 5.41) is 19.3. The van der Waals surface area contributed by atoms with Gasteiger partial charge in [-0.05, 0) is 25.3 Å². The standard InChI is InChI=1S/C11H20N2O3.C8H6N2/c14-10-2-1-9(7-10)13-5-3-12(4-6-13)8-11(15)16;1-2-4-8-7(3-1)5-9-6-10-8/h9-10,14H,1-8H2,(H,15,16);1-6H. The van der Waals surface area contributed by atoms with Crippen LogP contribution in [0.2, 0.25) is 0 Å². The van der Waals surface area contributed by atoms with Crippen LogP contribution in [0.4, 0.5) is 0 Å². The van der Waals surface area contributed by atoms with Gasteiger partial charge in [0, 0.05) is 43.8 Å². The molecule has 2 heterocycles. The molecule has 2 aliphatic rings. The fourth-order valence-electron chi connectivity index (χ4n) is 3.67. The third-order valence-electron chi connectivity index (χ3n) is 5.07. The van der Waals surface area contributed by atoms with Gasteiger partial charge in [-0.3, -0.25) is 14.6 Å². The van der Waals surface area contributed by atoms with Crippen LogP contribution in [0.3, 0.4) is 0 Å². The number of aliphatic carboxylic acids is 1. The molecule has 2 atom stereocenters. The van der Waals surface area contributed by atoms with Crippen LogP contribution in [0.1, 0.15) is 19.3 Å². The van der Waals surface area contributed by atoms with E-state index in [1.54, 1.807) is 6.33 Å². The van der Waals surface area contributed by atoms with E-state index < -0.39 is 5.97 Å². The van der Waals surface area contributed by atoms with Crippen molar-refractivity contribution in [1.82, 2.24) is 19.8 Å². The van der Waals surface area contributed by atoms with Crippen LogP contribution in [0.5, 0.6) is 0 Å². The minimum atomic E-state index is -0.746. The average Bonchev–Trinajstić information content (AvgIpc) is 3.09. The number of carboxylic acids is 1. The van der Waals surface area contributed by atoms with Crippen molar-refractivity contribution in [1.29, 1.82) is 0 Å². The van der Waals surface area contributed by atoms with Crippen LogP contribution >= 0.6 is 0 Å². The highest BCUT2D eigenvalue weighted by Gasteiger charge is 2.30. The maximum Gasteiger partial charge on any atom is 0.317 e. The number of aliphatic hydroxyl groups is 1. The molecule has 7 nitrogen and oxygen atoms in total. The monoisotopic (exact) mass is 358 g/mol. The molecule has 1 saturated carbocycles. The zero-order valence-corrected chi connectivity index (χ0v) is 14.9. The smallest absolute Gasteiger partial charge is 0.317 e. The summed E-state index contributed by atoms with van der Waals surface area (Å²) in [5.41, 5.74) is 0.998. The molecule has 0 radical (unpaired) electrons. The maximum atomic E-state index is 10.6. The largest absolute Gasteiger partial charge is 0.480 e. The topological polar surface area (TPSA) is 89.8 Å². The molecule has 2 unspecified atom stereocenters. The van der Waals surface area contributed by atoms with Crippen LogP contribution in [0.15, 0.2) is 36.8 Å². The Hall–Kier alpha value is -2.09. The molecule has 2 N–H and O–H groups in total. The first-order valence-corrected chi connectivity index (χ1v) is 9.13. The van der Waals surface area contributed by atoms with E-state index >= 15 is 0 Å². The Kier molecular flexibility index (Phi) is 6.49. The van der Waals surface area contributed by atoms with Gasteiger partial charge in [-0.1, -0.05) is 18.2 Å². The first kappa shape index (κ1) is 18.7. The molecule has 7 heteroatoms. The minimum Gasteiger partial charge on any atom is -0.480 e. The molecular weight excluding hydrogens is 332 g/mol. The van der Waals surface area contributed by atoms with Crippen molar-refractivity contribution in [2.24, 2.45) is 0 Å². The predicted octanol–water partition coefficient (Wildman–Crippen LogP) is 1.23. The molecule has 0 spiro atoms. The summed E-state index contributed by atoms with van der Waals surface area (Å²) in [6.45, 7) is 3.69. The highest BCUT2D eigenvalue weighted by Crippen LogP contribution is 2.24. The van der Waals surface area contributed by atoms with Gasteiger partial charge >= 0.3 is 5.97 Å². The van der Waals surface area contributed by atoms with Crippen LogP contribution in [0, 0.1) is 0 Å². The van der Waals surface area contributed by atoms with Crippen molar-refractivity contribution in [3.8, 4) is 0 Å². The maximum absolute atomic E-state index is 10.6. The molecule has 26 heavy (non-hydrogen) atoms. The molecular formula is C19H26N4O3. The molecule has 1 aliphatic heterocycles. The number of hydrogen-bond acceptors (Lipinski definition) is 6. The summed E-state index contributed by atoms with van der Waals surface area (Å²) in [6.07, 6.45) is 6.13. The van der Waals surface area contributed by atoms with E-state index in [-0.39, 0.29) is 12.6 Å². The van der Waals surface area contributed by atoms with Gasteiger partial charge in [-0.2, -0.15) is 0 Å². The number of aliphatic hydroxyl groups excluding tert-OH is 1. The Morgan fingerprint density at radius 1 is 1.15 bits per heavy atom. The summed E-state index contributed by atoms with van der Waals surface area (Å²) >= 11 is 0. The van der Waals surface area contributed by atoms with E-state index in [2.05, 4.69) is 14.9 Å². The van der Waals surface area contributed by atoms with Crippen molar-refractivity contribution in [2.75, 3.05) is 32.7 Å². The fraction of sp³-hybridized carbons (Fsp3) is 0.526. The predicted molar refractivity (Wildman–Crippen MR) is 98.8 cm³/mol. The van der Waals surface area contributed by atoms with E-state index in [1.165, 1.54) is 0 Å². The first-order chi connectivity index (χ1) is 12.6. The molecule has 140 valence electrons. The van der Waals surface area contributed by atoms with Crippen molar-refractivity contribution in [2.45, 2.75) is 31.4 Å². The number of para-hydroxylation sites is 1. The Bertz CT molecular complexity index is 653. The molecule has 2 fully saturated rings. The van der Waals surface area contributed by atoms with Crippen LogP contribution in [0.25, 0.3) is 10.9 Å². The van der Waals surface area contributed by atoms with E-state index in [4.69, 9.17) is 5.11 Å². The molecule has 1 aliphatic carbocycles. The molecule has 0 bridgehead atoms. The molecule has 1 saturated heterocycles. The number of rotatable bonds is 3. The van der Waals surface area contributed by atoms with Gasteiger partial charge in [-0.15, -0.1) is 0 Å². The lowest BCUT2D eigenvalue weighted by molar-refractivity contribution is -0.138. The van der Waals surface area contributed by atoms with Crippen molar-refractivity contribution < 1.29 is 15.0 Å². The van der Waals surface area contributed by atoms with Gasteiger partial charge in [-0.25, -0.2) is 9.97 Å². The zero-order valence-electron chi connectivity index (χ0n) is 14.9. The number of carbonyl (C=O) groups is 1. The van der Waals surface area contributed by atoms with E-state index in [9.17, 15) is 9.90 Å².